The van der Waals surface area contributed by atoms with Crippen LogP contribution in [0.2, 0.25) is 5.02 Å². The number of nitro groups is 1. The zero-order valence-corrected chi connectivity index (χ0v) is 19.0. The van der Waals surface area contributed by atoms with Gasteiger partial charge in [0.25, 0.3) is 5.69 Å². The summed E-state index contributed by atoms with van der Waals surface area (Å²) in [7, 11) is -3.85. The molecule has 2 N–H and O–H groups in total. The summed E-state index contributed by atoms with van der Waals surface area (Å²) in [6.45, 7) is 1.63. The van der Waals surface area contributed by atoms with E-state index in [-0.39, 0.29) is 22.7 Å². The summed E-state index contributed by atoms with van der Waals surface area (Å²) in [5.41, 5.74) is 2.03. The van der Waals surface area contributed by atoms with Crippen molar-refractivity contribution in [2.24, 2.45) is 0 Å². The number of hydrogen-bond acceptors (Lipinski definition) is 6. The van der Waals surface area contributed by atoms with Crippen molar-refractivity contribution >= 4 is 43.9 Å². The summed E-state index contributed by atoms with van der Waals surface area (Å²) < 4.78 is 28.5. The smallest absolute Gasteiger partial charge is 0.270 e. The normalized spacial score (nSPS) is 19.1. The molecule has 0 bridgehead atoms. The zero-order valence-electron chi connectivity index (χ0n) is 17.4. The summed E-state index contributed by atoms with van der Waals surface area (Å²) in [6, 6.07) is 11.4. The number of aryl methyl sites for hydroxylation is 1. The van der Waals surface area contributed by atoms with Crippen molar-refractivity contribution in [2.45, 2.75) is 49.6 Å². The molecule has 2 aromatic carbocycles. The van der Waals surface area contributed by atoms with Crippen LogP contribution in [0.4, 0.5) is 11.4 Å². The van der Waals surface area contributed by atoms with Crippen molar-refractivity contribution in [2.75, 3.05) is 5.32 Å². The van der Waals surface area contributed by atoms with E-state index in [1.807, 2.05) is 24.3 Å². The van der Waals surface area contributed by atoms with Crippen molar-refractivity contribution in [3.8, 4) is 0 Å². The third kappa shape index (κ3) is 4.85. The van der Waals surface area contributed by atoms with Gasteiger partial charge in [-0.05, 0) is 62.4 Å². The number of rotatable bonds is 6. The molecule has 0 saturated heterocycles. The van der Waals surface area contributed by atoms with Gasteiger partial charge in [-0.25, -0.2) is 13.1 Å². The van der Waals surface area contributed by atoms with Gasteiger partial charge < -0.3 is 5.32 Å². The van der Waals surface area contributed by atoms with Crippen LogP contribution >= 0.6 is 11.6 Å². The third-order valence-electron chi connectivity index (χ3n) is 5.79. The molecule has 1 aliphatic carbocycles. The lowest BCUT2D eigenvalue weighted by Gasteiger charge is -2.30. The van der Waals surface area contributed by atoms with Crippen LogP contribution in [0.1, 0.15) is 31.2 Å². The van der Waals surface area contributed by atoms with Crippen molar-refractivity contribution < 1.29 is 13.3 Å². The van der Waals surface area contributed by atoms with E-state index in [9.17, 15) is 18.5 Å². The lowest BCUT2D eigenvalue weighted by atomic mass is 9.91. The number of benzene rings is 2. The van der Waals surface area contributed by atoms with Crippen LogP contribution in [0.25, 0.3) is 10.9 Å². The monoisotopic (exact) mass is 474 g/mol. The van der Waals surface area contributed by atoms with Crippen molar-refractivity contribution in [3.63, 3.8) is 0 Å². The average molecular weight is 475 g/mol. The maximum atomic E-state index is 12.9. The highest BCUT2D eigenvalue weighted by atomic mass is 35.5. The molecule has 0 amide bonds. The van der Waals surface area contributed by atoms with Crippen LogP contribution in [-0.4, -0.2) is 30.4 Å². The minimum Gasteiger partial charge on any atom is -0.382 e. The molecule has 8 nitrogen and oxygen atoms in total. The molecule has 0 radical (unpaired) electrons. The Balaban J connectivity index is 1.41. The Morgan fingerprint density at radius 2 is 1.78 bits per heavy atom. The van der Waals surface area contributed by atoms with Gasteiger partial charge in [-0.2, -0.15) is 0 Å². The Hall–Kier alpha value is -2.75. The number of non-ortho nitro benzene ring substituents is 1. The molecule has 1 aliphatic rings. The van der Waals surface area contributed by atoms with Crippen LogP contribution in [0, 0.1) is 17.0 Å². The molecule has 4 rings (SSSR count). The second-order valence-corrected chi connectivity index (χ2v) is 10.2. The topological polar surface area (TPSA) is 114 Å². The van der Waals surface area contributed by atoms with Crippen LogP contribution in [-0.2, 0) is 10.0 Å². The Morgan fingerprint density at radius 3 is 2.50 bits per heavy atom. The molecule has 0 aliphatic heterocycles. The van der Waals surface area contributed by atoms with Gasteiger partial charge in [-0.1, -0.05) is 17.7 Å². The first-order chi connectivity index (χ1) is 15.2. The van der Waals surface area contributed by atoms with Gasteiger partial charge in [0.05, 0.1) is 15.3 Å². The minimum atomic E-state index is -3.85. The summed E-state index contributed by atoms with van der Waals surface area (Å²) >= 11 is 6.06. The van der Waals surface area contributed by atoms with Gasteiger partial charge in [-0.15, -0.1) is 0 Å². The first kappa shape index (κ1) is 22.4. The molecule has 168 valence electrons. The minimum absolute atomic E-state index is 0.0473. The molecule has 1 saturated carbocycles. The molecule has 32 heavy (non-hydrogen) atoms. The fourth-order valence-corrected chi connectivity index (χ4v) is 5.83. The zero-order chi connectivity index (χ0) is 22.9. The number of pyridine rings is 1. The highest BCUT2D eigenvalue weighted by Gasteiger charge is 2.28. The summed E-state index contributed by atoms with van der Waals surface area (Å²) in [5, 5.41) is 16.2. The van der Waals surface area contributed by atoms with Crippen molar-refractivity contribution in [1.29, 1.82) is 0 Å². The lowest BCUT2D eigenvalue weighted by molar-refractivity contribution is -0.385. The Morgan fingerprint density at radius 1 is 1.06 bits per heavy atom. The maximum absolute atomic E-state index is 12.9. The van der Waals surface area contributed by atoms with Gasteiger partial charge in [0.1, 0.15) is 0 Å². The molecule has 1 fully saturated rings. The number of hydrogen-bond donors (Lipinski definition) is 2. The van der Waals surface area contributed by atoms with Crippen LogP contribution in [0.3, 0.4) is 0 Å². The summed E-state index contributed by atoms with van der Waals surface area (Å²) in [5.74, 6) is 0. The van der Waals surface area contributed by atoms with Gasteiger partial charge >= 0.3 is 0 Å². The quantitative estimate of drug-likeness (QED) is 0.391. The van der Waals surface area contributed by atoms with Gasteiger partial charge in [0.2, 0.25) is 10.0 Å². The lowest BCUT2D eigenvalue weighted by Crippen LogP contribution is -2.40. The molecular weight excluding hydrogens is 452 g/mol. The predicted molar refractivity (Wildman–Crippen MR) is 125 cm³/mol. The Bertz CT molecular complexity index is 1270. The van der Waals surface area contributed by atoms with E-state index in [2.05, 4.69) is 15.0 Å². The van der Waals surface area contributed by atoms with E-state index in [0.717, 1.165) is 35.5 Å². The fraction of sp³-hybridized carbons (Fsp3) is 0.318. The summed E-state index contributed by atoms with van der Waals surface area (Å²) in [6.07, 6.45) is 4.65. The SMILES string of the molecule is Cc1ccc([N+](=O)[O-])cc1S(=O)(=O)N[C@H]1CC[C@@H](Nc2ccnc3cc(Cl)ccc23)CC1. The Kier molecular flexibility index (Phi) is 6.32. The maximum Gasteiger partial charge on any atom is 0.270 e. The second-order valence-electron chi connectivity index (χ2n) is 8.04. The number of nitro benzene ring substituents is 1. The molecule has 0 atom stereocenters. The number of nitrogens with zero attached hydrogens (tertiary/aromatic N) is 2. The predicted octanol–water partition coefficient (Wildman–Crippen LogP) is 4.81. The first-order valence-corrected chi connectivity index (χ1v) is 12.2. The number of nitrogens with one attached hydrogen (secondary N) is 2. The van der Waals surface area contributed by atoms with E-state index in [0.29, 0.717) is 23.4 Å². The van der Waals surface area contributed by atoms with Crippen LogP contribution in [0.15, 0.2) is 53.6 Å². The number of halogens is 1. The molecule has 0 unspecified atom stereocenters. The molecule has 1 heterocycles. The van der Waals surface area contributed by atoms with Gasteiger partial charge in [0, 0.05) is 46.5 Å². The van der Waals surface area contributed by atoms with E-state index in [1.165, 1.54) is 12.1 Å². The van der Waals surface area contributed by atoms with E-state index >= 15 is 0 Å². The van der Waals surface area contributed by atoms with Crippen molar-refractivity contribution in [3.05, 3.63) is 69.4 Å². The number of fused-ring (bicyclic) bond motifs is 1. The largest absolute Gasteiger partial charge is 0.382 e. The molecular formula is C22H23ClN4O4S. The second kappa shape index (κ2) is 9.01. The average Bonchev–Trinajstić information content (AvgIpc) is 2.75. The number of aromatic nitrogens is 1. The van der Waals surface area contributed by atoms with E-state index < -0.39 is 14.9 Å². The van der Waals surface area contributed by atoms with Crippen LogP contribution < -0.4 is 10.0 Å². The van der Waals surface area contributed by atoms with Crippen LogP contribution in [0.5, 0.6) is 0 Å². The standard InChI is InChI=1S/C22H23ClN4O4S/c1-14-2-8-18(27(28)29)13-22(14)32(30,31)26-17-6-4-16(5-7-17)25-20-10-11-24-21-12-15(23)3-9-19(20)21/h2-3,8-13,16-17,26H,4-7H2,1H3,(H,24,25)/t16-,17+. The molecule has 0 spiro atoms. The number of anilines is 1. The first-order valence-electron chi connectivity index (χ1n) is 10.3. The van der Waals surface area contributed by atoms with Crippen molar-refractivity contribution in [1.82, 2.24) is 9.71 Å². The number of sulfonamides is 1. The van der Waals surface area contributed by atoms with Gasteiger partial charge in [0.15, 0.2) is 0 Å². The van der Waals surface area contributed by atoms with E-state index in [4.69, 9.17) is 11.6 Å². The molecule has 10 heteroatoms. The van der Waals surface area contributed by atoms with Gasteiger partial charge in [-0.3, -0.25) is 15.1 Å². The molecule has 1 aromatic heterocycles. The third-order valence-corrected chi connectivity index (χ3v) is 7.68. The summed E-state index contributed by atoms with van der Waals surface area (Å²) in [4.78, 5) is 14.8. The highest BCUT2D eigenvalue weighted by Crippen LogP contribution is 2.29. The molecule has 3 aromatic rings. The highest BCUT2D eigenvalue weighted by molar-refractivity contribution is 7.89. The van der Waals surface area contributed by atoms with E-state index in [1.54, 1.807) is 13.1 Å². The fourth-order valence-electron chi connectivity index (χ4n) is 4.10. The Labute approximate surface area is 191 Å².